The monoisotopic (exact) mass is 432 g/mol. The Morgan fingerprint density at radius 2 is 1.80 bits per heavy atom. The Hall–Kier alpha value is -1.85. The van der Waals surface area contributed by atoms with E-state index in [9.17, 15) is 22.4 Å². The molecule has 1 aromatic rings. The van der Waals surface area contributed by atoms with Crippen LogP contribution in [-0.4, -0.2) is 61.2 Å². The molecule has 0 aromatic heterocycles. The maximum absolute atomic E-state index is 14.5. The van der Waals surface area contributed by atoms with E-state index in [4.69, 9.17) is 9.31 Å². The third-order valence-corrected chi connectivity index (χ3v) is 5.82. The number of ether oxygens (including phenoxy) is 1. The van der Waals surface area contributed by atoms with E-state index in [1.54, 1.807) is 6.92 Å². The number of nitrogens with zero attached hydrogens (tertiary/aromatic N) is 1. The molecular weight excluding hydrogens is 407 g/mol. The molecule has 2 fully saturated rings. The number of carbonyl (C=O) groups excluding carboxylic acids is 1. The zero-order valence-electron chi connectivity index (χ0n) is 17.5. The molecule has 1 atom stereocenters. The highest BCUT2D eigenvalue weighted by atomic mass is 19.4. The molecule has 0 unspecified atom stereocenters. The summed E-state index contributed by atoms with van der Waals surface area (Å²) in [6.07, 6.45) is -6.65. The lowest BCUT2D eigenvalue weighted by atomic mass is 9.76. The van der Waals surface area contributed by atoms with Crippen LogP contribution in [-0.2, 0) is 14.0 Å². The molecule has 0 radical (unpaired) electrons. The molecule has 2 amide bonds. The van der Waals surface area contributed by atoms with Gasteiger partial charge in [0.1, 0.15) is 5.82 Å². The van der Waals surface area contributed by atoms with E-state index in [1.165, 1.54) is 12.1 Å². The van der Waals surface area contributed by atoms with Crippen molar-refractivity contribution in [2.24, 2.45) is 0 Å². The van der Waals surface area contributed by atoms with Gasteiger partial charge in [0.2, 0.25) is 0 Å². The molecule has 1 N–H and O–H groups in total. The first-order valence-corrected chi connectivity index (χ1v) is 9.61. The second-order valence-electron chi connectivity index (χ2n) is 8.55. The van der Waals surface area contributed by atoms with Crippen molar-refractivity contribution < 1.29 is 36.4 Å². The van der Waals surface area contributed by atoms with Crippen LogP contribution in [0.2, 0.25) is 0 Å². The molecule has 0 spiro atoms. The van der Waals surface area contributed by atoms with Crippen molar-refractivity contribution >= 4 is 24.3 Å². The van der Waals surface area contributed by atoms with Gasteiger partial charge in [-0.2, -0.15) is 13.2 Å². The molecule has 30 heavy (non-hydrogen) atoms. The van der Waals surface area contributed by atoms with E-state index in [0.717, 1.165) is 4.90 Å². The minimum Gasteiger partial charge on any atom is -0.399 e. The van der Waals surface area contributed by atoms with Gasteiger partial charge < -0.3 is 24.3 Å². The number of morpholine rings is 1. The number of hydrogen-bond acceptors (Lipinski definition) is 4. The van der Waals surface area contributed by atoms with Crippen LogP contribution in [0.4, 0.5) is 28.0 Å². The summed E-state index contributed by atoms with van der Waals surface area (Å²) in [7, 11) is -0.774. The molecule has 0 saturated carbocycles. The van der Waals surface area contributed by atoms with Crippen LogP contribution in [0, 0.1) is 12.7 Å². The molecule has 2 heterocycles. The molecule has 2 saturated heterocycles. The highest BCUT2D eigenvalue weighted by Crippen LogP contribution is 2.37. The average molecular weight is 432 g/mol. The van der Waals surface area contributed by atoms with Crippen molar-refractivity contribution in [3.8, 4) is 0 Å². The smallest absolute Gasteiger partial charge is 0.399 e. The number of alkyl halides is 3. The quantitative estimate of drug-likeness (QED) is 0.576. The van der Waals surface area contributed by atoms with Crippen molar-refractivity contribution in [1.29, 1.82) is 0 Å². The molecule has 2 aliphatic rings. The molecule has 6 nitrogen and oxygen atoms in total. The number of carbonyl (C=O) groups is 1. The van der Waals surface area contributed by atoms with E-state index >= 15 is 0 Å². The van der Waals surface area contributed by atoms with E-state index < -0.39 is 49.0 Å². The number of rotatable bonds is 2. The highest BCUT2D eigenvalue weighted by Gasteiger charge is 2.52. The van der Waals surface area contributed by atoms with E-state index in [1.807, 2.05) is 27.7 Å². The summed E-state index contributed by atoms with van der Waals surface area (Å²) < 4.78 is 69.8. The lowest BCUT2D eigenvalue weighted by Gasteiger charge is -2.33. The van der Waals surface area contributed by atoms with Crippen LogP contribution < -0.4 is 10.8 Å². The normalized spacial score (nSPS) is 23.6. The number of aryl methyl sites for hydroxylation is 1. The van der Waals surface area contributed by atoms with Gasteiger partial charge in [0, 0.05) is 6.54 Å². The maximum atomic E-state index is 14.5. The van der Waals surface area contributed by atoms with Gasteiger partial charge in [0.05, 0.1) is 30.0 Å². The fourth-order valence-electron chi connectivity index (χ4n) is 3.24. The molecule has 2 aliphatic heterocycles. The Kier molecular flexibility index (Phi) is 5.85. The summed E-state index contributed by atoms with van der Waals surface area (Å²) in [5.74, 6) is -0.707. The molecule has 0 aliphatic carbocycles. The first-order valence-electron chi connectivity index (χ1n) is 9.61. The zero-order chi connectivity index (χ0) is 22.5. The number of halogens is 4. The lowest BCUT2D eigenvalue weighted by Crippen LogP contribution is -2.52. The second kappa shape index (κ2) is 7.69. The number of urea groups is 1. The van der Waals surface area contributed by atoms with Crippen molar-refractivity contribution in [1.82, 2.24) is 4.90 Å². The van der Waals surface area contributed by atoms with Crippen LogP contribution in [0.25, 0.3) is 0 Å². The predicted molar refractivity (Wildman–Crippen MR) is 103 cm³/mol. The third kappa shape index (κ3) is 4.43. The Bertz CT molecular complexity index is 815. The minimum atomic E-state index is -4.59. The molecule has 11 heteroatoms. The van der Waals surface area contributed by atoms with Gasteiger partial charge in [0.25, 0.3) is 0 Å². The van der Waals surface area contributed by atoms with Gasteiger partial charge in [0.15, 0.2) is 6.10 Å². The van der Waals surface area contributed by atoms with Gasteiger partial charge in [-0.3, -0.25) is 0 Å². The lowest BCUT2D eigenvalue weighted by molar-refractivity contribution is -0.233. The largest absolute Gasteiger partial charge is 0.495 e. The Labute approximate surface area is 173 Å². The van der Waals surface area contributed by atoms with Crippen molar-refractivity contribution in [3.63, 3.8) is 0 Å². The molecule has 1 aromatic carbocycles. The Morgan fingerprint density at radius 1 is 1.20 bits per heavy atom. The first kappa shape index (κ1) is 22.8. The van der Waals surface area contributed by atoms with E-state index in [0.29, 0.717) is 11.0 Å². The van der Waals surface area contributed by atoms with Gasteiger partial charge in [-0.15, -0.1) is 0 Å². The maximum Gasteiger partial charge on any atom is 0.495 e. The van der Waals surface area contributed by atoms with Gasteiger partial charge in [-0.1, -0.05) is 0 Å². The summed E-state index contributed by atoms with van der Waals surface area (Å²) >= 11 is 0. The molecule has 166 valence electrons. The summed E-state index contributed by atoms with van der Waals surface area (Å²) in [4.78, 5) is 13.4. The predicted octanol–water partition coefficient (Wildman–Crippen LogP) is 3.23. The summed E-state index contributed by atoms with van der Waals surface area (Å²) in [6.45, 7) is 8.25. The number of hydrogen-bond donors (Lipinski definition) is 1. The molecule has 0 bridgehead atoms. The van der Waals surface area contributed by atoms with Crippen LogP contribution in [0.1, 0.15) is 33.3 Å². The average Bonchev–Trinajstić information content (AvgIpc) is 2.84. The number of benzene rings is 1. The van der Waals surface area contributed by atoms with Gasteiger partial charge in [-0.25, -0.2) is 9.18 Å². The SMILES string of the molecule is Cc1cc(F)c(NC(=O)N2CCO[C@@H](C(F)(F)F)C2)cc1B1OC(C)(C)C(C)(C)O1. The zero-order valence-corrected chi connectivity index (χ0v) is 17.5. The summed E-state index contributed by atoms with van der Waals surface area (Å²) in [5, 5.41) is 2.36. The molecule has 3 rings (SSSR count). The fourth-order valence-corrected chi connectivity index (χ4v) is 3.24. The van der Waals surface area contributed by atoms with Crippen LogP contribution in [0.15, 0.2) is 12.1 Å². The van der Waals surface area contributed by atoms with Crippen LogP contribution in [0.5, 0.6) is 0 Å². The number of anilines is 1. The van der Waals surface area contributed by atoms with Crippen molar-refractivity contribution in [2.45, 2.75) is 58.1 Å². The fraction of sp³-hybridized carbons (Fsp3) is 0.632. The van der Waals surface area contributed by atoms with Crippen molar-refractivity contribution in [3.05, 3.63) is 23.5 Å². The summed E-state index contributed by atoms with van der Waals surface area (Å²) in [6, 6.07) is 1.79. The highest BCUT2D eigenvalue weighted by molar-refractivity contribution is 6.62. The van der Waals surface area contributed by atoms with Crippen LogP contribution in [0.3, 0.4) is 0 Å². The van der Waals surface area contributed by atoms with Crippen molar-refractivity contribution in [2.75, 3.05) is 25.0 Å². The summed E-state index contributed by atoms with van der Waals surface area (Å²) in [5.41, 5.74) is -0.289. The topological polar surface area (TPSA) is 60.0 Å². The standard InChI is InChI=1S/C19H25BF4N2O4/c1-11-8-13(21)14(9-12(11)20-29-17(2,3)18(4,5)30-20)25-16(27)26-6-7-28-15(10-26)19(22,23)24/h8-9,15H,6-7,10H2,1-5H3,(H,25,27)/t15-/m1/s1. The Morgan fingerprint density at radius 3 is 2.37 bits per heavy atom. The minimum absolute atomic E-state index is 0.0318. The number of nitrogens with one attached hydrogen (secondary N) is 1. The Balaban J connectivity index is 1.79. The van der Waals surface area contributed by atoms with Crippen LogP contribution >= 0.6 is 0 Å². The van der Waals surface area contributed by atoms with Gasteiger partial charge in [-0.05, 0) is 57.8 Å². The van der Waals surface area contributed by atoms with E-state index in [2.05, 4.69) is 10.1 Å². The first-order chi connectivity index (χ1) is 13.7. The van der Waals surface area contributed by atoms with E-state index in [-0.39, 0.29) is 18.8 Å². The molecular formula is C19H25BF4N2O4. The van der Waals surface area contributed by atoms with Gasteiger partial charge >= 0.3 is 19.3 Å². The number of amides is 2. The second-order valence-corrected chi connectivity index (χ2v) is 8.55. The third-order valence-electron chi connectivity index (χ3n) is 5.82.